The first-order chi connectivity index (χ1) is 6.25. The number of hydrogen-bond acceptors (Lipinski definition) is 1. The second kappa shape index (κ2) is 6.23. The Hall–Kier alpha value is -1.31. The minimum absolute atomic E-state index is 0.991. The van der Waals surface area contributed by atoms with Gasteiger partial charge in [-0.25, -0.2) is 4.99 Å². The maximum Gasteiger partial charge on any atom is 0.135 e. The van der Waals surface area contributed by atoms with Crippen molar-refractivity contribution in [2.45, 2.75) is 20.8 Å². The summed E-state index contributed by atoms with van der Waals surface area (Å²) in [5, 5.41) is 0. The van der Waals surface area contributed by atoms with Crippen molar-refractivity contribution in [1.82, 2.24) is 4.57 Å². The van der Waals surface area contributed by atoms with Crippen molar-refractivity contribution in [1.29, 1.82) is 0 Å². The smallest absolute Gasteiger partial charge is 0.135 e. The minimum Gasteiger partial charge on any atom is -0.336 e. The van der Waals surface area contributed by atoms with Crippen LogP contribution in [0.4, 0.5) is 5.82 Å². The summed E-state index contributed by atoms with van der Waals surface area (Å²) < 4.78 is 1.98. The highest BCUT2D eigenvalue weighted by atomic mass is 15.0. The number of aromatic nitrogens is 1. The van der Waals surface area contributed by atoms with Crippen LogP contribution in [-0.2, 0) is 7.05 Å². The van der Waals surface area contributed by atoms with Gasteiger partial charge in [-0.3, -0.25) is 0 Å². The third-order valence-electron chi connectivity index (χ3n) is 1.54. The van der Waals surface area contributed by atoms with E-state index in [1.165, 1.54) is 5.56 Å². The molecule has 0 aliphatic heterocycles. The van der Waals surface area contributed by atoms with Gasteiger partial charge in [-0.15, -0.1) is 0 Å². The van der Waals surface area contributed by atoms with Crippen molar-refractivity contribution in [2.75, 3.05) is 0 Å². The molecule has 0 aliphatic rings. The summed E-state index contributed by atoms with van der Waals surface area (Å²) in [6.45, 7) is 9.60. The highest BCUT2D eigenvalue weighted by Crippen LogP contribution is 2.17. The van der Waals surface area contributed by atoms with E-state index < -0.39 is 0 Å². The second-order valence-electron chi connectivity index (χ2n) is 2.45. The van der Waals surface area contributed by atoms with Gasteiger partial charge >= 0.3 is 0 Å². The van der Waals surface area contributed by atoms with Crippen LogP contribution >= 0.6 is 0 Å². The van der Waals surface area contributed by atoms with Crippen LogP contribution in [0.25, 0.3) is 0 Å². The molecule has 1 heterocycles. The molecule has 0 radical (unpaired) electrons. The molecule has 0 saturated heterocycles. The zero-order valence-corrected chi connectivity index (χ0v) is 8.91. The maximum absolute atomic E-state index is 4.20. The highest BCUT2D eigenvalue weighted by Gasteiger charge is 1.97. The zero-order chi connectivity index (χ0) is 10.3. The first-order valence-electron chi connectivity index (χ1n) is 4.52. The lowest BCUT2D eigenvalue weighted by atomic mass is 10.4. The average molecular weight is 178 g/mol. The van der Waals surface area contributed by atoms with Crippen LogP contribution in [0.1, 0.15) is 19.4 Å². The summed E-state index contributed by atoms with van der Waals surface area (Å²) in [6, 6.07) is 2.04. The lowest BCUT2D eigenvalue weighted by molar-refractivity contribution is 0.923. The minimum atomic E-state index is 0.991. The number of hydrogen-bond donors (Lipinski definition) is 0. The average Bonchev–Trinajstić information content (AvgIpc) is 2.47. The maximum atomic E-state index is 4.20. The molecule has 1 rings (SSSR count). The molecule has 72 valence electrons. The van der Waals surface area contributed by atoms with Gasteiger partial charge in [0.25, 0.3) is 0 Å². The molecular weight excluding hydrogens is 160 g/mol. The predicted molar refractivity (Wildman–Crippen MR) is 59.8 cm³/mol. The molecule has 0 aromatic carbocycles. The first kappa shape index (κ1) is 11.7. The monoisotopic (exact) mass is 178 g/mol. The fourth-order valence-corrected chi connectivity index (χ4v) is 0.963. The van der Waals surface area contributed by atoms with Crippen LogP contribution < -0.4 is 0 Å². The largest absolute Gasteiger partial charge is 0.336 e. The van der Waals surface area contributed by atoms with Crippen molar-refractivity contribution in [3.63, 3.8) is 0 Å². The molecule has 0 aliphatic carbocycles. The fourth-order valence-electron chi connectivity index (χ4n) is 0.963. The van der Waals surface area contributed by atoms with E-state index >= 15 is 0 Å². The molecule has 0 amide bonds. The molecule has 1 aromatic heterocycles. The van der Waals surface area contributed by atoms with E-state index in [1.54, 1.807) is 12.3 Å². The van der Waals surface area contributed by atoms with E-state index in [0.29, 0.717) is 0 Å². The Bertz CT molecular complexity index is 263. The lowest BCUT2D eigenvalue weighted by Crippen LogP contribution is -1.83. The normalized spacial score (nSPS) is 9.54. The van der Waals surface area contributed by atoms with E-state index in [4.69, 9.17) is 0 Å². The van der Waals surface area contributed by atoms with E-state index in [1.807, 2.05) is 44.6 Å². The second-order valence-corrected chi connectivity index (χ2v) is 2.45. The van der Waals surface area contributed by atoms with Crippen molar-refractivity contribution < 1.29 is 0 Å². The number of aliphatic imine (C=N–C) groups is 1. The molecule has 13 heavy (non-hydrogen) atoms. The zero-order valence-electron chi connectivity index (χ0n) is 8.91. The highest BCUT2D eigenvalue weighted by molar-refractivity contribution is 5.73. The predicted octanol–water partition coefficient (Wildman–Crippen LogP) is 3.25. The number of aryl methyl sites for hydroxylation is 2. The van der Waals surface area contributed by atoms with Crippen molar-refractivity contribution >= 4 is 12.0 Å². The quantitative estimate of drug-likeness (QED) is 0.618. The summed E-state index contributed by atoms with van der Waals surface area (Å²) in [7, 11) is 1.97. The Morgan fingerprint density at radius 2 is 2.08 bits per heavy atom. The molecule has 2 nitrogen and oxygen atoms in total. The topological polar surface area (TPSA) is 17.3 Å². The van der Waals surface area contributed by atoms with Gasteiger partial charge in [-0.1, -0.05) is 26.5 Å². The standard InChI is InChI=1S/C9H12N2.C2H6/c1-4-6-10-9-8(2)5-7-11(9)3;1-2/h4-7H,1H2,2-3H3;1-2H3/b10-6-;. The van der Waals surface area contributed by atoms with Gasteiger partial charge < -0.3 is 4.57 Å². The molecule has 2 heteroatoms. The molecule has 0 atom stereocenters. The lowest BCUT2D eigenvalue weighted by Gasteiger charge is -1.95. The van der Waals surface area contributed by atoms with Crippen LogP contribution in [-0.4, -0.2) is 10.8 Å². The van der Waals surface area contributed by atoms with Gasteiger partial charge in [0, 0.05) is 19.5 Å². The third-order valence-corrected chi connectivity index (χ3v) is 1.54. The molecule has 1 aromatic rings. The van der Waals surface area contributed by atoms with Gasteiger partial charge in [0.15, 0.2) is 0 Å². The van der Waals surface area contributed by atoms with Gasteiger partial charge in [0.05, 0.1) is 0 Å². The van der Waals surface area contributed by atoms with E-state index in [-0.39, 0.29) is 0 Å². The SMILES string of the molecule is C=C/C=N\c1c(C)ccn1C.CC. The third kappa shape index (κ3) is 3.28. The van der Waals surface area contributed by atoms with Gasteiger partial charge in [-0.2, -0.15) is 0 Å². The van der Waals surface area contributed by atoms with Crippen molar-refractivity contribution in [3.05, 3.63) is 30.5 Å². The first-order valence-corrected chi connectivity index (χ1v) is 4.52. The van der Waals surface area contributed by atoms with Crippen molar-refractivity contribution in [3.8, 4) is 0 Å². The van der Waals surface area contributed by atoms with Crippen LogP contribution in [0.15, 0.2) is 29.9 Å². The molecule has 0 saturated carbocycles. The fraction of sp³-hybridized carbons (Fsp3) is 0.364. The molecule has 0 spiro atoms. The number of rotatable bonds is 2. The summed E-state index contributed by atoms with van der Waals surface area (Å²) >= 11 is 0. The molecule has 0 bridgehead atoms. The van der Waals surface area contributed by atoms with Crippen molar-refractivity contribution in [2.24, 2.45) is 12.0 Å². The Kier molecular flexibility index (Phi) is 5.60. The van der Waals surface area contributed by atoms with Gasteiger partial charge in [0.2, 0.25) is 0 Å². The summed E-state index contributed by atoms with van der Waals surface area (Å²) in [4.78, 5) is 4.20. The number of nitrogens with zero attached hydrogens (tertiary/aromatic N) is 2. The molecular formula is C11H18N2. The van der Waals surface area contributed by atoms with Crippen LogP contribution in [0, 0.1) is 6.92 Å². The van der Waals surface area contributed by atoms with Crippen LogP contribution in [0.2, 0.25) is 0 Å². The Balaban J connectivity index is 0.000000671. The summed E-state index contributed by atoms with van der Waals surface area (Å²) in [5.74, 6) is 0.991. The van der Waals surface area contributed by atoms with E-state index in [2.05, 4.69) is 11.6 Å². The van der Waals surface area contributed by atoms with Crippen LogP contribution in [0.3, 0.4) is 0 Å². The Morgan fingerprint density at radius 1 is 1.46 bits per heavy atom. The number of allylic oxidation sites excluding steroid dienone is 1. The van der Waals surface area contributed by atoms with Gasteiger partial charge in [-0.05, 0) is 18.6 Å². The molecule has 0 N–H and O–H groups in total. The molecule has 0 unspecified atom stereocenters. The van der Waals surface area contributed by atoms with Gasteiger partial charge in [0.1, 0.15) is 5.82 Å². The summed E-state index contributed by atoms with van der Waals surface area (Å²) in [6.07, 6.45) is 5.36. The Morgan fingerprint density at radius 3 is 2.46 bits per heavy atom. The summed E-state index contributed by atoms with van der Waals surface area (Å²) in [5.41, 5.74) is 1.19. The van der Waals surface area contributed by atoms with E-state index in [9.17, 15) is 0 Å². The Labute approximate surface area is 80.6 Å². The van der Waals surface area contributed by atoms with E-state index in [0.717, 1.165) is 5.82 Å². The molecule has 0 fully saturated rings. The van der Waals surface area contributed by atoms with Crippen LogP contribution in [0.5, 0.6) is 0 Å².